The molecule has 0 saturated carbocycles. The average molecular weight is 503 g/mol. The molecule has 2 rings (SSSR count). The predicted octanol–water partition coefficient (Wildman–Crippen LogP) is 11.9. The van der Waals surface area contributed by atoms with Gasteiger partial charge in [-0.15, -0.1) is 0 Å². The molecule has 1 nitrogen and oxygen atoms in total. The Bertz CT molecular complexity index is 738. The summed E-state index contributed by atoms with van der Waals surface area (Å²) in [5.41, 5.74) is 2.77. The Hall–Kier alpha value is -2.28. The van der Waals surface area contributed by atoms with Crippen molar-refractivity contribution >= 4 is 0 Å². The van der Waals surface area contributed by atoms with E-state index in [0.717, 1.165) is 0 Å². The fourth-order valence-electron chi connectivity index (χ4n) is 5.12. The highest BCUT2D eigenvalue weighted by Gasteiger charge is 2.09. The second kappa shape index (κ2) is 21.8. The van der Waals surface area contributed by atoms with Gasteiger partial charge in [0.2, 0.25) is 0 Å². The van der Waals surface area contributed by atoms with Crippen molar-refractivity contribution in [2.75, 3.05) is 0 Å². The summed E-state index contributed by atoms with van der Waals surface area (Å²) < 4.78 is 5.92. The van der Waals surface area contributed by atoms with Gasteiger partial charge in [0.05, 0.1) is 12.5 Å². The van der Waals surface area contributed by atoms with Gasteiger partial charge in [0.1, 0.15) is 0 Å². The van der Waals surface area contributed by atoms with Crippen LogP contribution in [0.3, 0.4) is 0 Å². The number of ether oxygens (including phenoxy) is 1. The van der Waals surface area contributed by atoms with Crippen LogP contribution < -0.4 is 0 Å². The van der Waals surface area contributed by atoms with Crippen LogP contribution in [-0.4, -0.2) is 0 Å². The van der Waals surface area contributed by atoms with E-state index in [-0.39, 0.29) is 0 Å². The zero-order chi connectivity index (χ0) is 26.2. The zero-order valence-electron chi connectivity index (χ0n) is 24.0. The van der Waals surface area contributed by atoms with Crippen molar-refractivity contribution in [1.29, 1.82) is 0 Å². The van der Waals surface area contributed by atoms with Gasteiger partial charge in [-0.3, -0.25) is 0 Å². The average Bonchev–Trinajstić information content (AvgIpc) is 2.94. The van der Waals surface area contributed by atoms with Crippen molar-refractivity contribution in [3.8, 4) is 0 Å². The minimum Gasteiger partial charge on any atom is -0.473 e. The molecule has 0 saturated heterocycles. The highest BCUT2D eigenvalue weighted by Crippen LogP contribution is 2.26. The highest BCUT2D eigenvalue weighted by molar-refractivity contribution is 5.24. The van der Waals surface area contributed by atoms with Crippen LogP contribution in [0.15, 0.2) is 85.3 Å². The summed E-state index contributed by atoms with van der Waals surface area (Å²) in [7, 11) is 0. The third-order valence-corrected chi connectivity index (χ3v) is 7.47. The van der Waals surface area contributed by atoms with Crippen LogP contribution in [0, 0.1) is 0 Å². The summed E-state index contributed by atoms with van der Waals surface area (Å²) >= 11 is 0. The maximum Gasteiger partial charge on any atom is 0.0867 e. The van der Waals surface area contributed by atoms with Crippen LogP contribution in [0.5, 0.6) is 0 Å². The first-order chi connectivity index (χ1) is 18.3. The van der Waals surface area contributed by atoms with E-state index in [9.17, 15) is 0 Å². The molecule has 0 aromatic heterocycles. The fraction of sp³-hybridized carbons (Fsp3) is 0.556. The summed E-state index contributed by atoms with van der Waals surface area (Å²) in [5.74, 6) is 0.839. The lowest BCUT2D eigenvalue weighted by molar-refractivity contribution is 0.394. The van der Waals surface area contributed by atoms with Crippen molar-refractivity contribution in [3.63, 3.8) is 0 Å². The molecule has 204 valence electrons. The van der Waals surface area contributed by atoms with Crippen LogP contribution >= 0.6 is 0 Å². The van der Waals surface area contributed by atoms with Crippen LogP contribution in [0.4, 0.5) is 0 Å². The van der Waals surface area contributed by atoms with Gasteiger partial charge in [-0.25, -0.2) is 0 Å². The third-order valence-electron chi connectivity index (χ3n) is 7.47. The lowest BCUT2D eigenvalue weighted by Crippen LogP contribution is -1.97. The Labute approximate surface area is 229 Å². The molecular formula is C36H54O. The van der Waals surface area contributed by atoms with Crippen LogP contribution in [0.1, 0.15) is 140 Å². The van der Waals surface area contributed by atoms with E-state index in [2.05, 4.69) is 86.7 Å². The Kier molecular flexibility index (Phi) is 18.2. The summed E-state index contributed by atoms with van der Waals surface area (Å²) in [6.45, 7) is 4.57. The summed E-state index contributed by atoms with van der Waals surface area (Å²) in [5, 5.41) is 0. The first kappa shape index (κ1) is 30.9. The number of rotatable bonds is 22. The molecule has 0 bridgehead atoms. The smallest absolute Gasteiger partial charge is 0.0867 e. The molecule has 0 heterocycles. The summed E-state index contributed by atoms with van der Waals surface area (Å²) in [6, 6.07) is 21.8. The topological polar surface area (TPSA) is 9.23 Å². The van der Waals surface area contributed by atoms with E-state index >= 15 is 0 Å². The second-order valence-electron chi connectivity index (χ2n) is 10.6. The van der Waals surface area contributed by atoms with Crippen molar-refractivity contribution in [2.24, 2.45) is 0 Å². The van der Waals surface area contributed by atoms with E-state index in [1.54, 1.807) is 0 Å². The molecule has 0 radical (unpaired) electrons. The van der Waals surface area contributed by atoms with Gasteiger partial charge in [-0.05, 0) is 36.1 Å². The first-order valence-electron chi connectivity index (χ1n) is 15.4. The van der Waals surface area contributed by atoms with Gasteiger partial charge in [0.15, 0.2) is 0 Å². The van der Waals surface area contributed by atoms with Crippen molar-refractivity contribution in [3.05, 3.63) is 96.5 Å². The molecule has 2 unspecified atom stereocenters. The summed E-state index contributed by atoms with van der Waals surface area (Å²) in [6.07, 6.45) is 29.6. The molecule has 0 aliphatic rings. The molecule has 1 heteroatoms. The van der Waals surface area contributed by atoms with Crippen molar-refractivity contribution in [2.45, 2.75) is 128 Å². The fourth-order valence-corrected chi connectivity index (χ4v) is 5.12. The lowest BCUT2D eigenvalue weighted by atomic mass is 9.93. The van der Waals surface area contributed by atoms with Gasteiger partial charge in [-0.1, -0.05) is 164 Å². The quantitative estimate of drug-likeness (QED) is 0.115. The molecule has 2 aromatic carbocycles. The maximum absolute atomic E-state index is 5.92. The molecular weight excluding hydrogens is 448 g/mol. The summed E-state index contributed by atoms with van der Waals surface area (Å²) in [4.78, 5) is 0. The Morgan fingerprint density at radius 1 is 0.486 bits per heavy atom. The van der Waals surface area contributed by atoms with Gasteiger partial charge in [0, 0.05) is 11.8 Å². The minimum absolute atomic E-state index is 0.419. The standard InChI is InChI=1S/C36H54O/c1-3-5-7-9-11-13-17-27-35(33-23-19-15-20-24-33)29-31-37-32-30-36(34-25-21-16-22-26-34)28-18-14-12-10-8-6-4-2/h15-16,19-26,29-32,35-36H,3-14,17-18,27-28H2,1-2H3. The SMILES string of the molecule is CCCCCCCCCC(C=COC=CC(CCCCCCCCC)c1ccccc1)c1ccccc1. The van der Waals surface area contributed by atoms with E-state index < -0.39 is 0 Å². The molecule has 0 amide bonds. The normalized spacial score (nSPS) is 13.4. The van der Waals surface area contributed by atoms with Gasteiger partial charge < -0.3 is 4.74 Å². The second-order valence-corrected chi connectivity index (χ2v) is 10.6. The molecule has 2 aromatic rings. The molecule has 0 spiro atoms. The highest BCUT2D eigenvalue weighted by atomic mass is 16.5. The maximum atomic E-state index is 5.92. The monoisotopic (exact) mass is 502 g/mol. The zero-order valence-corrected chi connectivity index (χ0v) is 24.0. The van der Waals surface area contributed by atoms with Crippen molar-refractivity contribution in [1.82, 2.24) is 0 Å². The van der Waals surface area contributed by atoms with E-state index in [0.29, 0.717) is 11.8 Å². The largest absolute Gasteiger partial charge is 0.473 e. The Balaban J connectivity index is 1.84. The molecule has 0 aliphatic heterocycles. The molecule has 0 fully saturated rings. The lowest BCUT2D eigenvalue weighted by Gasteiger charge is -2.14. The van der Waals surface area contributed by atoms with Crippen LogP contribution in [0.2, 0.25) is 0 Å². The van der Waals surface area contributed by atoms with Gasteiger partial charge in [0.25, 0.3) is 0 Å². The van der Waals surface area contributed by atoms with Gasteiger partial charge in [-0.2, -0.15) is 0 Å². The van der Waals surface area contributed by atoms with Crippen LogP contribution in [-0.2, 0) is 4.74 Å². The molecule has 0 N–H and O–H groups in total. The van der Waals surface area contributed by atoms with Crippen LogP contribution in [0.25, 0.3) is 0 Å². The van der Waals surface area contributed by atoms with Gasteiger partial charge >= 0.3 is 0 Å². The number of hydrogen-bond acceptors (Lipinski definition) is 1. The number of unbranched alkanes of at least 4 members (excludes halogenated alkanes) is 12. The molecule has 0 aliphatic carbocycles. The van der Waals surface area contributed by atoms with E-state index in [1.807, 2.05) is 12.5 Å². The first-order valence-corrected chi connectivity index (χ1v) is 15.4. The van der Waals surface area contributed by atoms with Crippen molar-refractivity contribution < 1.29 is 4.74 Å². The Morgan fingerprint density at radius 3 is 1.22 bits per heavy atom. The molecule has 2 atom stereocenters. The number of allylic oxidation sites excluding steroid dienone is 2. The Morgan fingerprint density at radius 2 is 0.838 bits per heavy atom. The number of benzene rings is 2. The minimum atomic E-state index is 0.419. The molecule has 37 heavy (non-hydrogen) atoms. The van der Waals surface area contributed by atoms with E-state index in [4.69, 9.17) is 4.74 Å². The van der Waals surface area contributed by atoms with E-state index in [1.165, 1.54) is 114 Å². The predicted molar refractivity (Wildman–Crippen MR) is 163 cm³/mol. The third kappa shape index (κ3) is 14.9. The number of hydrogen-bond donors (Lipinski definition) is 0.